The summed E-state index contributed by atoms with van der Waals surface area (Å²) in [6.07, 6.45) is -3.97. The average molecular weight is 688 g/mol. The molecule has 49 heavy (non-hydrogen) atoms. The Kier molecular flexibility index (Phi) is 9.00. The van der Waals surface area contributed by atoms with E-state index in [-0.39, 0.29) is 37.8 Å². The number of halogens is 5. The predicted octanol–water partition coefficient (Wildman–Crippen LogP) is 8.44. The van der Waals surface area contributed by atoms with E-state index < -0.39 is 53.4 Å². The number of hydrogen-bond acceptors (Lipinski definition) is 6. The third kappa shape index (κ3) is 5.95. The molecule has 0 spiro atoms. The van der Waals surface area contributed by atoms with Crippen LogP contribution in [0.1, 0.15) is 86.2 Å². The van der Waals surface area contributed by atoms with Gasteiger partial charge in [-0.2, -0.15) is 22.0 Å². The molecule has 2 aromatic rings. The highest BCUT2D eigenvalue weighted by atomic mass is 19.4. The summed E-state index contributed by atoms with van der Waals surface area (Å²) in [7, 11) is 0. The number of amides is 1. The van der Waals surface area contributed by atoms with E-state index in [0.717, 1.165) is 16.7 Å². The molecule has 12 heteroatoms. The second-order valence-electron chi connectivity index (χ2n) is 13.7. The van der Waals surface area contributed by atoms with E-state index >= 15 is 8.78 Å². The van der Waals surface area contributed by atoms with Gasteiger partial charge in [-0.05, 0) is 110 Å². The Bertz CT molecular complexity index is 1700. The van der Waals surface area contributed by atoms with Gasteiger partial charge in [0.15, 0.2) is 5.78 Å². The van der Waals surface area contributed by atoms with Gasteiger partial charge >= 0.3 is 24.2 Å². The number of esters is 1. The number of benzene rings is 2. The number of alkyl halides is 5. The number of rotatable bonds is 7. The van der Waals surface area contributed by atoms with E-state index in [1.807, 2.05) is 0 Å². The van der Waals surface area contributed by atoms with Gasteiger partial charge in [-0.3, -0.25) is 10.1 Å². The number of anilines is 1. The van der Waals surface area contributed by atoms with Gasteiger partial charge in [-0.15, -0.1) is 0 Å². The minimum absolute atomic E-state index is 0.0112. The van der Waals surface area contributed by atoms with Crippen molar-refractivity contribution < 1.29 is 50.9 Å². The first kappa shape index (κ1) is 34.8. The van der Waals surface area contributed by atoms with Crippen molar-refractivity contribution in [1.82, 2.24) is 0 Å². The molecule has 4 aliphatic rings. The van der Waals surface area contributed by atoms with Crippen LogP contribution in [0.5, 0.6) is 0 Å². The molecule has 0 unspecified atom stereocenters. The number of aliphatic hydroxyl groups is 1. The summed E-state index contributed by atoms with van der Waals surface area (Å²) in [6, 6.07) is 13.0. The SMILES string of the molecule is CCOC(=O)c1ccc(NC(=O)OCc2ccc([C@H]3C[C@@]4(C)[C@@H](CC[C@@]4(O)C(F)(F)C(F)(F)F)[C@@H]4CCC5=CC(=O)CCC5=C43)cc2)cc1. The average Bonchev–Trinajstić information content (AvgIpc) is 3.34. The molecule has 0 bridgehead atoms. The smallest absolute Gasteiger partial charge is 0.456 e. The molecule has 4 aliphatic carbocycles. The van der Waals surface area contributed by atoms with Crippen LogP contribution in [0, 0.1) is 17.3 Å². The van der Waals surface area contributed by atoms with Crippen LogP contribution in [0.15, 0.2) is 71.3 Å². The lowest BCUT2D eigenvalue weighted by Gasteiger charge is -2.56. The lowest BCUT2D eigenvalue weighted by atomic mass is 9.50. The zero-order valence-corrected chi connectivity index (χ0v) is 27.2. The second kappa shape index (κ2) is 12.7. The summed E-state index contributed by atoms with van der Waals surface area (Å²) in [5, 5.41) is 14.0. The highest BCUT2D eigenvalue weighted by Crippen LogP contribution is 2.70. The first-order valence-electron chi connectivity index (χ1n) is 16.5. The van der Waals surface area contributed by atoms with Crippen LogP contribution >= 0.6 is 0 Å². The molecular weight excluding hydrogens is 649 g/mol. The molecule has 2 saturated carbocycles. The molecule has 2 fully saturated rings. The highest BCUT2D eigenvalue weighted by molar-refractivity contribution is 5.93. The maximum atomic E-state index is 15.2. The van der Waals surface area contributed by atoms with Crippen molar-refractivity contribution in [3.05, 3.63) is 88.0 Å². The van der Waals surface area contributed by atoms with Gasteiger partial charge in [0.1, 0.15) is 12.2 Å². The minimum Gasteiger partial charge on any atom is -0.462 e. The fraction of sp³-hybridized carbons (Fsp3) is 0.486. The second-order valence-corrected chi connectivity index (χ2v) is 13.7. The van der Waals surface area contributed by atoms with Gasteiger partial charge in [0.05, 0.1) is 12.2 Å². The summed E-state index contributed by atoms with van der Waals surface area (Å²) in [5.41, 5.74) is -0.141. The number of ketones is 1. The number of nitrogens with one attached hydrogen (secondary N) is 1. The van der Waals surface area contributed by atoms with Crippen molar-refractivity contribution in [3.63, 3.8) is 0 Å². The normalized spacial score (nSPS) is 28.2. The largest absolute Gasteiger partial charge is 0.462 e. The van der Waals surface area contributed by atoms with E-state index in [0.29, 0.717) is 48.1 Å². The zero-order valence-electron chi connectivity index (χ0n) is 27.2. The molecule has 262 valence electrons. The number of fused-ring (bicyclic) bond motifs is 4. The number of carbonyl (C=O) groups is 3. The Balaban J connectivity index is 1.25. The summed E-state index contributed by atoms with van der Waals surface area (Å²) in [4.78, 5) is 36.6. The van der Waals surface area contributed by atoms with Crippen molar-refractivity contribution in [2.24, 2.45) is 17.3 Å². The van der Waals surface area contributed by atoms with E-state index in [1.54, 1.807) is 37.3 Å². The topological polar surface area (TPSA) is 102 Å². The van der Waals surface area contributed by atoms with Crippen molar-refractivity contribution in [3.8, 4) is 0 Å². The lowest BCUT2D eigenvalue weighted by molar-refractivity contribution is -0.362. The van der Waals surface area contributed by atoms with Crippen molar-refractivity contribution >= 4 is 23.5 Å². The lowest BCUT2D eigenvalue weighted by Crippen LogP contribution is -2.65. The molecule has 2 aromatic carbocycles. The summed E-state index contributed by atoms with van der Waals surface area (Å²) in [5.74, 6) is -7.25. The Hall–Kier alpha value is -4.06. The van der Waals surface area contributed by atoms with Crippen molar-refractivity contribution in [1.29, 1.82) is 0 Å². The minimum atomic E-state index is -5.92. The van der Waals surface area contributed by atoms with Crippen LogP contribution < -0.4 is 5.32 Å². The van der Waals surface area contributed by atoms with Crippen LogP contribution in [-0.2, 0) is 20.9 Å². The predicted molar refractivity (Wildman–Crippen MR) is 169 cm³/mol. The Morgan fingerprint density at radius 3 is 2.31 bits per heavy atom. The van der Waals surface area contributed by atoms with Crippen molar-refractivity contribution in [2.45, 2.75) is 89.0 Å². The van der Waals surface area contributed by atoms with Crippen molar-refractivity contribution in [2.75, 3.05) is 11.9 Å². The Morgan fingerprint density at radius 1 is 0.959 bits per heavy atom. The van der Waals surface area contributed by atoms with Crippen LogP contribution in [0.25, 0.3) is 0 Å². The van der Waals surface area contributed by atoms with Gasteiger partial charge in [0, 0.05) is 23.4 Å². The van der Waals surface area contributed by atoms with Gasteiger partial charge in [0.25, 0.3) is 0 Å². The molecule has 0 radical (unpaired) electrons. The van der Waals surface area contributed by atoms with E-state index in [4.69, 9.17) is 9.47 Å². The Morgan fingerprint density at radius 2 is 1.65 bits per heavy atom. The molecular formula is C37H38F5NO6. The van der Waals surface area contributed by atoms with Crippen LogP contribution in [-0.4, -0.2) is 47.3 Å². The molecule has 0 heterocycles. The summed E-state index contributed by atoms with van der Waals surface area (Å²) >= 11 is 0. The third-order valence-electron chi connectivity index (χ3n) is 11.2. The van der Waals surface area contributed by atoms with E-state index in [2.05, 4.69) is 5.32 Å². The summed E-state index contributed by atoms with van der Waals surface area (Å²) < 4.78 is 82.2. The first-order chi connectivity index (χ1) is 23.1. The molecule has 1 amide bonds. The van der Waals surface area contributed by atoms with Crippen LogP contribution in [0.4, 0.5) is 32.4 Å². The molecule has 0 aromatic heterocycles. The number of carbonyl (C=O) groups excluding carboxylic acids is 3. The number of hydrogen-bond donors (Lipinski definition) is 2. The van der Waals surface area contributed by atoms with Gasteiger partial charge in [-0.1, -0.05) is 36.8 Å². The molecule has 6 rings (SSSR count). The number of allylic oxidation sites excluding steroid dienone is 4. The van der Waals surface area contributed by atoms with Crippen LogP contribution in [0.3, 0.4) is 0 Å². The fourth-order valence-corrected chi connectivity index (χ4v) is 8.77. The van der Waals surface area contributed by atoms with E-state index in [1.165, 1.54) is 31.2 Å². The quantitative estimate of drug-likeness (QED) is 0.224. The standard InChI is InChI=1S/C37H38F5NO6/c1-3-48-32(45)23-8-11-25(12-9-23)43-33(46)49-20-21-4-6-22(7-5-21)29-19-34(2)30(16-17-35(34,47)36(38,39)37(40,41)42)28-14-10-24-18-26(44)13-15-27(24)31(28)29/h4-9,11-12,18,28-30,47H,3,10,13-17,19-20H2,1-2H3,(H,43,46)/t28-,29+,30-,34-,35-/m0/s1. The van der Waals surface area contributed by atoms with Gasteiger partial charge in [-0.25, -0.2) is 9.59 Å². The van der Waals surface area contributed by atoms with E-state index in [9.17, 15) is 32.7 Å². The van der Waals surface area contributed by atoms with Gasteiger partial charge < -0.3 is 14.6 Å². The monoisotopic (exact) mass is 687 g/mol. The van der Waals surface area contributed by atoms with Crippen LogP contribution in [0.2, 0.25) is 0 Å². The number of ether oxygens (including phenoxy) is 2. The third-order valence-corrected chi connectivity index (χ3v) is 11.2. The highest BCUT2D eigenvalue weighted by Gasteiger charge is 2.79. The zero-order chi connectivity index (χ0) is 35.4. The van der Waals surface area contributed by atoms with Gasteiger partial charge in [0.2, 0.25) is 0 Å². The molecule has 5 atom stereocenters. The maximum absolute atomic E-state index is 15.2. The fourth-order valence-electron chi connectivity index (χ4n) is 8.77. The summed E-state index contributed by atoms with van der Waals surface area (Å²) in [6.45, 7) is 3.21. The Labute approximate surface area is 280 Å². The molecule has 2 N–H and O–H groups in total. The molecule has 7 nitrogen and oxygen atoms in total. The molecule has 0 aliphatic heterocycles. The molecule has 0 saturated heterocycles. The first-order valence-corrected chi connectivity index (χ1v) is 16.5. The maximum Gasteiger partial charge on any atom is 0.456 e.